The number of hydrogen-bond donors (Lipinski definition) is 2. The Balaban J connectivity index is 2.86. The normalized spacial score (nSPS) is 11.0. The molecule has 2 rings (SSSR count). The van der Waals surface area contributed by atoms with Gasteiger partial charge in [-0.1, -0.05) is 0 Å². The van der Waals surface area contributed by atoms with E-state index in [-0.39, 0.29) is 18.2 Å². The van der Waals surface area contributed by atoms with Gasteiger partial charge in [-0.05, 0) is 13.8 Å². The van der Waals surface area contributed by atoms with E-state index in [2.05, 4.69) is 15.0 Å². The van der Waals surface area contributed by atoms with Crippen molar-refractivity contribution in [3.8, 4) is 11.5 Å². The highest BCUT2D eigenvalue weighted by molar-refractivity contribution is 5.53. The van der Waals surface area contributed by atoms with Crippen molar-refractivity contribution >= 4 is 5.95 Å². The molecule has 0 spiro atoms. The molecule has 90 valence electrons. The van der Waals surface area contributed by atoms with Crippen LogP contribution in [0.1, 0.15) is 11.4 Å². The fourth-order valence-corrected chi connectivity index (χ4v) is 1.70. The van der Waals surface area contributed by atoms with Crippen molar-refractivity contribution in [1.29, 1.82) is 0 Å². The standard InChI is InChI=1S/C10H13N5O2/c1-5-6(2)15(3-4-16)8-7(12-5)9(17)14-10(11)13-8/h16H,3-4H2,1-2H3,(H2,11,14,17). The number of aromatic nitrogens is 4. The summed E-state index contributed by atoms with van der Waals surface area (Å²) in [6.45, 7) is 3.92. The van der Waals surface area contributed by atoms with Crippen LogP contribution in [-0.2, 0) is 6.54 Å². The summed E-state index contributed by atoms with van der Waals surface area (Å²) in [4.78, 5) is 23.4. The third-order valence-corrected chi connectivity index (χ3v) is 2.64. The van der Waals surface area contributed by atoms with Crippen molar-refractivity contribution in [2.24, 2.45) is 0 Å². The number of nitrogen functional groups attached to an aromatic ring is 1. The summed E-state index contributed by atoms with van der Waals surface area (Å²) in [5, 5.41) is 9.04. The van der Waals surface area contributed by atoms with Crippen LogP contribution < -0.4 is 11.3 Å². The number of aliphatic hydroxyl groups is 1. The van der Waals surface area contributed by atoms with Gasteiger partial charge in [0.05, 0.1) is 12.3 Å². The Morgan fingerprint density at radius 1 is 1.29 bits per heavy atom. The van der Waals surface area contributed by atoms with E-state index in [1.807, 2.05) is 6.92 Å². The molecule has 2 aliphatic heterocycles. The number of fused-ring (bicyclic) bond motifs is 1. The molecular formula is C10H13N5O2. The summed E-state index contributed by atoms with van der Waals surface area (Å²) in [7, 11) is 0. The quantitative estimate of drug-likeness (QED) is 0.714. The Bertz CT molecular complexity index is 592. The van der Waals surface area contributed by atoms with Crippen molar-refractivity contribution < 1.29 is 5.11 Å². The Morgan fingerprint density at radius 3 is 2.65 bits per heavy atom. The van der Waals surface area contributed by atoms with Gasteiger partial charge in [0.25, 0.3) is 0 Å². The number of anilines is 1. The molecule has 2 aliphatic rings. The minimum Gasteiger partial charge on any atom is -0.395 e. The zero-order valence-corrected chi connectivity index (χ0v) is 9.64. The molecular weight excluding hydrogens is 222 g/mol. The molecule has 17 heavy (non-hydrogen) atoms. The Kier molecular flexibility index (Phi) is 2.76. The fraction of sp³-hybridized carbons (Fsp3) is 0.400. The highest BCUT2D eigenvalue weighted by Crippen LogP contribution is 2.17. The van der Waals surface area contributed by atoms with Crippen molar-refractivity contribution in [2.75, 3.05) is 12.3 Å². The van der Waals surface area contributed by atoms with E-state index in [9.17, 15) is 4.79 Å². The molecule has 7 heteroatoms. The molecule has 3 N–H and O–H groups in total. The number of aliphatic hydroxyl groups excluding tert-OH is 1. The lowest BCUT2D eigenvalue weighted by atomic mass is 10.2. The SMILES string of the molecule is Cc1nc2c(=O)nc(N)nc-2n(CCO)c1C. The third-order valence-electron chi connectivity index (χ3n) is 2.64. The molecule has 0 bridgehead atoms. The molecule has 0 aromatic carbocycles. The Labute approximate surface area is 97.3 Å². The van der Waals surface area contributed by atoms with Gasteiger partial charge in [0.2, 0.25) is 5.95 Å². The van der Waals surface area contributed by atoms with Crippen molar-refractivity contribution in [1.82, 2.24) is 19.5 Å². The van der Waals surface area contributed by atoms with Crippen LogP contribution in [0.25, 0.3) is 11.5 Å². The number of aryl methyl sites for hydroxylation is 1. The Hall–Kier alpha value is -2.02. The van der Waals surface area contributed by atoms with E-state index in [4.69, 9.17) is 10.8 Å². The van der Waals surface area contributed by atoms with Crippen molar-refractivity contribution in [3.05, 3.63) is 21.7 Å². The van der Waals surface area contributed by atoms with Gasteiger partial charge < -0.3 is 15.4 Å². The molecule has 0 unspecified atom stereocenters. The fourth-order valence-electron chi connectivity index (χ4n) is 1.70. The van der Waals surface area contributed by atoms with Crippen LogP contribution in [0.3, 0.4) is 0 Å². The predicted octanol–water partition coefficient (Wildman–Crippen LogP) is -0.671. The van der Waals surface area contributed by atoms with Gasteiger partial charge in [-0.25, -0.2) is 4.98 Å². The minimum absolute atomic E-state index is 0.0534. The summed E-state index contributed by atoms with van der Waals surface area (Å²) in [5.74, 6) is 0.277. The van der Waals surface area contributed by atoms with Crippen LogP contribution in [0.2, 0.25) is 0 Å². The van der Waals surface area contributed by atoms with E-state index in [1.54, 1.807) is 11.5 Å². The molecule has 0 saturated heterocycles. The van der Waals surface area contributed by atoms with Crippen LogP contribution in [0.15, 0.2) is 4.79 Å². The Morgan fingerprint density at radius 2 is 2.00 bits per heavy atom. The lowest BCUT2D eigenvalue weighted by Gasteiger charge is -2.17. The zero-order chi connectivity index (χ0) is 12.6. The first-order chi connectivity index (χ1) is 8.04. The van der Waals surface area contributed by atoms with Gasteiger partial charge in [0.15, 0.2) is 11.5 Å². The summed E-state index contributed by atoms with van der Waals surface area (Å²) in [6, 6.07) is 0. The van der Waals surface area contributed by atoms with Crippen molar-refractivity contribution in [3.63, 3.8) is 0 Å². The molecule has 0 aromatic rings. The number of nitrogens with zero attached hydrogens (tertiary/aromatic N) is 4. The maximum atomic E-state index is 11.7. The average molecular weight is 235 g/mol. The second-order valence-electron chi connectivity index (χ2n) is 3.72. The lowest BCUT2D eigenvalue weighted by molar-refractivity contribution is 0.274. The molecule has 0 fully saturated rings. The maximum absolute atomic E-state index is 11.7. The van der Waals surface area contributed by atoms with Gasteiger partial charge in [-0.2, -0.15) is 9.97 Å². The first-order valence-corrected chi connectivity index (χ1v) is 5.16. The van der Waals surface area contributed by atoms with Gasteiger partial charge in [0, 0.05) is 12.2 Å². The molecule has 0 aromatic heterocycles. The van der Waals surface area contributed by atoms with E-state index in [1.165, 1.54) is 0 Å². The largest absolute Gasteiger partial charge is 0.395 e. The van der Waals surface area contributed by atoms with Crippen LogP contribution in [-0.4, -0.2) is 31.2 Å². The van der Waals surface area contributed by atoms with E-state index < -0.39 is 5.56 Å². The van der Waals surface area contributed by atoms with Crippen LogP contribution in [0, 0.1) is 13.8 Å². The van der Waals surface area contributed by atoms with E-state index >= 15 is 0 Å². The van der Waals surface area contributed by atoms with Crippen LogP contribution in [0.4, 0.5) is 5.95 Å². The molecule has 0 atom stereocenters. The van der Waals surface area contributed by atoms with Gasteiger partial charge >= 0.3 is 5.56 Å². The molecule has 0 amide bonds. The topological polar surface area (TPSA) is 107 Å². The number of nitrogens with two attached hydrogens (primary N) is 1. The smallest absolute Gasteiger partial charge is 0.302 e. The first-order valence-electron chi connectivity index (χ1n) is 5.16. The molecule has 0 aliphatic carbocycles. The van der Waals surface area contributed by atoms with E-state index in [0.717, 1.165) is 5.69 Å². The van der Waals surface area contributed by atoms with Crippen LogP contribution >= 0.6 is 0 Å². The van der Waals surface area contributed by atoms with Crippen molar-refractivity contribution in [2.45, 2.75) is 20.4 Å². The highest BCUT2D eigenvalue weighted by atomic mass is 16.3. The van der Waals surface area contributed by atoms with Gasteiger partial charge in [-0.3, -0.25) is 4.79 Å². The third kappa shape index (κ3) is 1.84. The van der Waals surface area contributed by atoms with Crippen LogP contribution in [0.5, 0.6) is 0 Å². The summed E-state index contributed by atoms with van der Waals surface area (Å²) >= 11 is 0. The molecule has 2 heterocycles. The van der Waals surface area contributed by atoms with Gasteiger partial charge in [-0.15, -0.1) is 0 Å². The lowest BCUT2D eigenvalue weighted by Crippen LogP contribution is -2.24. The number of rotatable bonds is 2. The minimum atomic E-state index is -0.498. The summed E-state index contributed by atoms with van der Waals surface area (Å²) in [6.07, 6.45) is 0. The predicted molar refractivity (Wildman–Crippen MR) is 61.7 cm³/mol. The second-order valence-corrected chi connectivity index (χ2v) is 3.72. The molecule has 0 saturated carbocycles. The molecule has 7 nitrogen and oxygen atoms in total. The molecule has 0 radical (unpaired) electrons. The highest BCUT2D eigenvalue weighted by Gasteiger charge is 2.18. The second kappa shape index (κ2) is 4.10. The first kappa shape index (κ1) is 11.5. The zero-order valence-electron chi connectivity index (χ0n) is 9.64. The average Bonchev–Trinajstić information content (AvgIpc) is 2.26. The summed E-state index contributed by atoms with van der Waals surface area (Å²) < 4.78 is 1.72. The van der Waals surface area contributed by atoms with E-state index in [0.29, 0.717) is 18.1 Å². The maximum Gasteiger partial charge on any atom is 0.302 e. The number of hydrogen-bond acceptors (Lipinski definition) is 6. The summed E-state index contributed by atoms with van der Waals surface area (Å²) in [5.41, 5.74) is 6.67. The van der Waals surface area contributed by atoms with Gasteiger partial charge in [0.1, 0.15) is 0 Å². The monoisotopic (exact) mass is 235 g/mol.